The van der Waals surface area contributed by atoms with E-state index >= 15 is 0 Å². The van der Waals surface area contributed by atoms with Crippen LogP contribution in [0.2, 0.25) is 5.02 Å². The quantitative estimate of drug-likeness (QED) is 0.432. The van der Waals surface area contributed by atoms with Crippen LogP contribution >= 0.6 is 22.9 Å². The molecule has 3 aromatic carbocycles. The zero-order valence-corrected chi connectivity index (χ0v) is 16.9. The van der Waals surface area contributed by atoms with Crippen molar-refractivity contribution in [2.24, 2.45) is 0 Å². The third-order valence-corrected chi connectivity index (χ3v) is 6.12. The first kappa shape index (κ1) is 19.2. The molecule has 4 nitrogen and oxygen atoms in total. The average Bonchev–Trinajstić information content (AvgIpc) is 3.10. The molecule has 1 aromatic heterocycles. The van der Waals surface area contributed by atoms with Crippen molar-refractivity contribution in [1.82, 2.24) is 5.32 Å². The summed E-state index contributed by atoms with van der Waals surface area (Å²) in [6.45, 7) is 0.461. The van der Waals surface area contributed by atoms with Crippen LogP contribution in [-0.2, 0) is 6.54 Å². The van der Waals surface area contributed by atoms with Crippen LogP contribution < -0.4 is 10.6 Å². The fourth-order valence-corrected chi connectivity index (χ4v) is 4.35. The Kier molecular flexibility index (Phi) is 5.60. The number of thiophene rings is 1. The van der Waals surface area contributed by atoms with E-state index in [0.717, 1.165) is 15.6 Å². The zero-order chi connectivity index (χ0) is 20.2. The molecule has 144 valence electrons. The Morgan fingerprint density at radius 2 is 1.52 bits per heavy atom. The highest BCUT2D eigenvalue weighted by molar-refractivity contribution is 7.21. The molecule has 2 N–H and O–H groups in total. The van der Waals surface area contributed by atoms with Gasteiger partial charge in [-0.3, -0.25) is 9.59 Å². The van der Waals surface area contributed by atoms with Gasteiger partial charge in [-0.15, -0.1) is 11.3 Å². The first-order chi connectivity index (χ1) is 14.1. The van der Waals surface area contributed by atoms with E-state index in [9.17, 15) is 9.59 Å². The number of hydrogen-bond acceptors (Lipinski definition) is 3. The number of carbonyl (C=O) groups excluding carboxylic acids is 2. The molecule has 0 aliphatic rings. The summed E-state index contributed by atoms with van der Waals surface area (Å²) in [4.78, 5) is 25.4. The lowest BCUT2D eigenvalue weighted by Gasteiger charge is -2.07. The minimum atomic E-state index is -0.266. The Morgan fingerprint density at radius 1 is 0.828 bits per heavy atom. The summed E-state index contributed by atoms with van der Waals surface area (Å²) in [6.07, 6.45) is 0. The minimum absolute atomic E-state index is 0.167. The fourth-order valence-electron chi connectivity index (χ4n) is 2.93. The molecule has 1 heterocycles. The molecule has 29 heavy (non-hydrogen) atoms. The summed E-state index contributed by atoms with van der Waals surface area (Å²) >= 11 is 7.72. The predicted molar refractivity (Wildman–Crippen MR) is 119 cm³/mol. The van der Waals surface area contributed by atoms with Crippen LogP contribution in [-0.4, -0.2) is 11.8 Å². The summed E-state index contributed by atoms with van der Waals surface area (Å²) in [6, 6.07) is 24.1. The highest BCUT2D eigenvalue weighted by Crippen LogP contribution is 2.35. The van der Waals surface area contributed by atoms with E-state index < -0.39 is 0 Å². The number of carbonyl (C=O) groups is 2. The van der Waals surface area contributed by atoms with Gasteiger partial charge in [-0.2, -0.15) is 0 Å². The van der Waals surface area contributed by atoms with Gasteiger partial charge in [0.05, 0.1) is 5.02 Å². The lowest BCUT2D eigenvalue weighted by molar-refractivity contribution is 0.0950. The van der Waals surface area contributed by atoms with Crippen molar-refractivity contribution in [3.8, 4) is 0 Å². The fraction of sp³-hybridized carbons (Fsp3) is 0.0435. The van der Waals surface area contributed by atoms with Gasteiger partial charge in [-0.25, -0.2) is 0 Å². The van der Waals surface area contributed by atoms with E-state index in [1.165, 1.54) is 11.3 Å². The number of hydrogen-bond donors (Lipinski definition) is 2. The summed E-state index contributed by atoms with van der Waals surface area (Å²) in [5.74, 6) is -0.434. The van der Waals surface area contributed by atoms with Crippen LogP contribution in [0.5, 0.6) is 0 Å². The molecule has 0 aliphatic heterocycles. The molecule has 0 saturated carbocycles. The first-order valence-electron chi connectivity index (χ1n) is 9.02. The van der Waals surface area contributed by atoms with E-state index in [0.29, 0.717) is 27.7 Å². The molecule has 4 aromatic rings. The maximum atomic E-state index is 12.6. The summed E-state index contributed by atoms with van der Waals surface area (Å²) in [5.41, 5.74) is 2.16. The van der Waals surface area contributed by atoms with Gasteiger partial charge in [-0.1, -0.05) is 60.1 Å². The van der Waals surface area contributed by atoms with E-state index in [-0.39, 0.29) is 11.8 Å². The lowest BCUT2D eigenvalue weighted by atomic mass is 10.1. The Bertz CT molecular complexity index is 1170. The maximum absolute atomic E-state index is 12.6. The molecule has 0 saturated heterocycles. The molecule has 0 aliphatic carbocycles. The predicted octanol–water partition coefficient (Wildman–Crippen LogP) is 5.74. The Balaban J connectivity index is 1.41. The molecular formula is C23H17ClN2O2S. The maximum Gasteiger partial charge on any atom is 0.267 e. The lowest BCUT2D eigenvalue weighted by Crippen LogP contribution is -2.22. The number of rotatable bonds is 5. The second-order valence-corrected chi connectivity index (χ2v) is 7.87. The van der Waals surface area contributed by atoms with Crippen LogP contribution in [0.25, 0.3) is 10.1 Å². The monoisotopic (exact) mass is 420 g/mol. The van der Waals surface area contributed by atoms with E-state index in [2.05, 4.69) is 10.6 Å². The summed E-state index contributed by atoms with van der Waals surface area (Å²) in [7, 11) is 0. The summed E-state index contributed by atoms with van der Waals surface area (Å²) < 4.78 is 0.966. The van der Waals surface area contributed by atoms with Crippen LogP contribution in [0.3, 0.4) is 0 Å². The molecule has 6 heteroatoms. The standard InChI is InChI=1S/C23H17ClN2O2S/c24-20-18-8-4-5-9-19(18)29-21(20)23(28)26-17-12-10-16(11-13-17)22(27)25-14-15-6-2-1-3-7-15/h1-13H,14H2,(H,25,27)(H,26,28). The van der Waals surface area contributed by atoms with Crippen molar-refractivity contribution in [1.29, 1.82) is 0 Å². The van der Waals surface area contributed by atoms with Crippen molar-refractivity contribution in [2.45, 2.75) is 6.54 Å². The zero-order valence-electron chi connectivity index (χ0n) is 15.3. The molecule has 0 unspecified atom stereocenters. The van der Waals surface area contributed by atoms with Crippen molar-refractivity contribution in [3.05, 3.63) is 99.9 Å². The normalized spacial score (nSPS) is 10.7. The number of halogens is 1. The number of amides is 2. The van der Waals surface area contributed by atoms with Crippen molar-refractivity contribution in [3.63, 3.8) is 0 Å². The number of fused-ring (bicyclic) bond motifs is 1. The Hall–Kier alpha value is -3.15. The smallest absolute Gasteiger partial charge is 0.267 e. The third kappa shape index (κ3) is 4.31. The van der Waals surface area contributed by atoms with Gasteiger partial charge in [-0.05, 0) is 35.9 Å². The number of nitrogens with one attached hydrogen (secondary N) is 2. The molecule has 2 amide bonds. The Labute approximate surface area is 177 Å². The molecule has 0 fully saturated rings. The van der Waals surface area contributed by atoms with Gasteiger partial charge in [0.2, 0.25) is 0 Å². The van der Waals surface area contributed by atoms with E-state index in [1.807, 2.05) is 54.6 Å². The average molecular weight is 421 g/mol. The minimum Gasteiger partial charge on any atom is -0.348 e. The highest BCUT2D eigenvalue weighted by atomic mass is 35.5. The molecular weight excluding hydrogens is 404 g/mol. The SMILES string of the molecule is O=C(NCc1ccccc1)c1ccc(NC(=O)c2sc3ccccc3c2Cl)cc1. The molecule has 0 atom stereocenters. The second-order valence-electron chi connectivity index (χ2n) is 6.44. The van der Waals surface area contributed by atoms with Gasteiger partial charge in [0, 0.05) is 27.9 Å². The second kappa shape index (κ2) is 8.47. The molecule has 0 spiro atoms. The number of benzene rings is 3. The van der Waals surface area contributed by atoms with Crippen molar-refractivity contribution >= 4 is 50.5 Å². The summed E-state index contributed by atoms with van der Waals surface area (Å²) in [5, 5.41) is 7.05. The van der Waals surface area contributed by atoms with Gasteiger partial charge in [0.1, 0.15) is 4.88 Å². The van der Waals surface area contributed by atoms with E-state index in [1.54, 1.807) is 24.3 Å². The van der Waals surface area contributed by atoms with Crippen molar-refractivity contribution < 1.29 is 9.59 Å². The third-order valence-electron chi connectivity index (χ3n) is 4.44. The Morgan fingerprint density at radius 3 is 2.24 bits per heavy atom. The highest BCUT2D eigenvalue weighted by Gasteiger charge is 2.17. The van der Waals surface area contributed by atoms with Crippen LogP contribution in [0, 0.1) is 0 Å². The van der Waals surface area contributed by atoms with Crippen molar-refractivity contribution in [2.75, 3.05) is 5.32 Å². The topological polar surface area (TPSA) is 58.2 Å². The first-order valence-corrected chi connectivity index (χ1v) is 10.2. The largest absolute Gasteiger partial charge is 0.348 e. The van der Waals surface area contributed by atoms with Gasteiger partial charge in [0.25, 0.3) is 11.8 Å². The van der Waals surface area contributed by atoms with E-state index in [4.69, 9.17) is 11.6 Å². The van der Waals surface area contributed by atoms with Gasteiger partial charge in [0.15, 0.2) is 0 Å². The van der Waals surface area contributed by atoms with Gasteiger partial charge < -0.3 is 10.6 Å². The molecule has 0 bridgehead atoms. The van der Waals surface area contributed by atoms with Crippen LogP contribution in [0.1, 0.15) is 25.6 Å². The van der Waals surface area contributed by atoms with Gasteiger partial charge >= 0.3 is 0 Å². The molecule has 0 radical (unpaired) electrons. The molecule has 4 rings (SSSR count). The number of anilines is 1. The van der Waals surface area contributed by atoms with Crippen LogP contribution in [0.15, 0.2) is 78.9 Å². The van der Waals surface area contributed by atoms with Crippen LogP contribution in [0.4, 0.5) is 5.69 Å².